The predicted octanol–water partition coefficient (Wildman–Crippen LogP) is 4.14. The summed E-state index contributed by atoms with van der Waals surface area (Å²) in [7, 11) is 0. The van der Waals surface area contributed by atoms with Crippen LogP contribution in [0.15, 0.2) is 47.5 Å². The lowest BCUT2D eigenvalue weighted by atomic mass is 10.1. The van der Waals surface area contributed by atoms with Gasteiger partial charge in [-0.2, -0.15) is 13.2 Å². The molecule has 0 saturated heterocycles. The van der Waals surface area contributed by atoms with E-state index in [1.165, 1.54) is 6.07 Å². The van der Waals surface area contributed by atoms with Gasteiger partial charge in [-0.25, -0.2) is 0 Å². The van der Waals surface area contributed by atoms with Crippen molar-refractivity contribution in [3.63, 3.8) is 0 Å². The molecule has 3 rings (SSSR count). The van der Waals surface area contributed by atoms with Crippen LogP contribution in [0.2, 0.25) is 0 Å². The highest BCUT2D eigenvalue weighted by Gasteiger charge is 2.31. The van der Waals surface area contributed by atoms with Crippen molar-refractivity contribution < 1.29 is 13.2 Å². The monoisotopic (exact) mass is 291 g/mol. The Morgan fingerprint density at radius 2 is 1.81 bits per heavy atom. The molecule has 0 fully saturated rings. The molecular formula is C15H12F3N3. The highest BCUT2D eigenvalue weighted by atomic mass is 19.4. The molecule has 6 heteroatoms. The first-order chi connectivity index (χ1) is 9.97. The maximum atomic E-state index is 12.7. The summed E-state index contributed by atoms with van der Waals surface area (Å²) in [5, 5.41) is 0. The van der Waals surface area contributed by atoms with E-state index in [-0.39, 0.29) is 5.69 Å². The number of hydrogen-bond acceptors (Lipinski definition) is 3. The Morgan fingerprint density at radius 3 is 2.52 bits per heavy atom. The third-order valence-electron chi connectivity index (χ3n) is 3.31. The third kappa shape index (κ3) is 2.44. The summed E-state index contributed by atoms with van der Waals surface area (Å²) in [6.45, 7) is 0.465. The fourth-order valence-corrected chi connectivity index (χ4v) is 2.33. The summed E-state index contributed by atoms with van der Waals surface area (Å²) in [5.41, 5.74) is 7.30. The Kier molecular flexibility index (Phi) is 3.08. The molecule has 0 spiro atoms. The summed E-state index contributed by atoms with van der Waals surface area (Å²) >= 11 is 0. The molecule has 108 valence electrons. The number of hydrogen-bond donors (Lipinski definition) is 1. The number of fused-ring (bicyclic) bond motifs is 1. The fraction of sp³-hybridized carbons (Fsp3) is 0.133. The molecule has 0 radical (unpaired) electrons. The van der Waals surface area contributed by atoms with Crippen LogP contribution in [0.1, 0.15) is 5.56 Å². The smallest absolute Gasteiger partial charge is 0.397 e. The van der Waals surface area contributed by atoms with Crippen molar-refractivity contribution in [3.8, 4) is 0 Å². The zero-order chi connectivity index (χ0) is 15.0. The van der Waals surface area contributed by atoms with Gasteiger partial charge < -0.3 is 10.6 Å². The minimum Gasteiger partial charge on any atom is -0.397 e. The van der Waals surface area contributed by atoms with Gasteiger partial charge in [0.2, 0.25) is 0 Å². The number of anilines is 3. The van der Waals surface area contributed by atoms with Gasteiger partial charge in [-0.05, 0) is 30.3 Å². The number of nitrogens with two attached hydrogens (primary N) is 1. The van der Waals surface area contributed by atoms with Crippen LogP contribution in [-0.2, 0) is 6.18 Å². The van der Waals surface area contributed by atoms with Crippen molar-refractivity contribution in [3.05, 3.63) is 48.0 Å². The second-order valence-corrected chi connectivity index (χ2v) is 4.68. The number of rotatable bonds is 1. The van der Waals surface area contributed by atoms with E-state index in [9.17, 15) is 13.2 Å². The molecule has 21 heavy (non-hydrogen) atoms. The van der Waals surface area contributed by atoms with Gasteiger partial charge in [-0.3, -0.25) is 4.99 Å². The molecule has 0 amide bonds. The summed E-state index contributed by atoms with van der Waals surface area (Å²) < 4.78 is 38.1. The SMILES string of the molecule is Nc1cc(C(F)(F)F)ccc1N1CC=Nc2ccccc21. The normalized spacial score (nSPS) is 14.1. The molecule has 0 atom stereocenters. The Bertz CT molecular complexity index is 708. The van der Waals surface area contributed by atoms with Gasteiger partial charge in [0.15, 0.2) is 0 Å². The van der Waals surface area contributed by atoms with E-state index in [0.717, 1.165) is 23.5 Å². The molecule has 0 unspecified atom stereocenters. The van der Waals surface area contributed by atoms with Gasteiger partial charge in [0.05, 0.1) is 34.9 Å². The van der Waals surface area contributed by atoms with Crippen molar-refractivity contribution in [1.29, 1.82) is 0 Å². The van der Waals surface area contributed by atoms with Crippen molar-refractivity contribution >= 4 is 29.0 Å². The van der Waals surface area contributed by atoms with Gasteiger partial charge in [0, 0.05) is 6.21 Å². The second kappa shape index (κ2) is 4.80. The summed E-state index contributed by atoms with van der Waals surface area (Å²) in [6.07, 6.45) is -2.69. The van der Waals surface area contributed by atoms with Crippen LogP contribution in [0.5, 0.6) is 0 Å². The molecule has 3 nitrogen and oxygen atoms in total. The first-order valence-electron chi connectivity index (χ1n) is 6.32. The minimum atomic E-state index is -4.39. The molecule has 0 bridgehead atoms. The lowest BCUT2D eigenvalue weighted by Gasteiger charge is -2.28. The fourth-order valence-electron chi connectivity index (χ4n) is 2.33. The topological polar surface area (TPSA) is 41.6 Å². The Morgan fingerprint density at radius 1 is 1.05 bits per heavy atom. The van der Waals surface area contributed by atoms with E-state index in [4.69, 9.17) is 5.73 Å². The van der Waals surface area contributed by atoms with Crippen LogP contribution in [0.25, 0.3) is 0 Å². The zero-order valence-corrected chi connectivity index (χ0v) is 10.9. The molecule has 2 aromatic rings. The number of nitrogen functional groups attached to an aromatic ring is 1. The average molecular weight is 291 g/mol. The Labute approximate surface area is 119 Å². The Hall–Kier alpha value is -2.50. The summed E-state index contributed by atoms with van der Waals surface area (Å²) in [6, 6.07) is 10.8. The van der Waals surface area contributed by atoms with Crippen LogP contribution in [0.4, 0.5) is 35.9 Å². The molecule has 2 N–H and O–H groups in total. The molecule has 0 saturated carbocycles. The van der Waals surface area contributed by atoms with E-state index in [1.54, 1.807) is 6.21 Å². The van der Waals surface area contributed by atoms with E-state index < -0.39 is 11.7 Å². The van der Waals surface area contributed by atoms with Crippen molar-refractivity contribution in [2.45, 2.75) is 6.18 Å². The number of benzene rings is 2. The van der Waals surface area contributed by atoms with Gasteiger partial charge >= 0.3 is 6.18 Å². The first kappa shape index (κ1) is 13.5. The van der Waals surface area contributed by atoms with Gasteiger partial charge in [0.1, 0.15) is 0 Å². The first-order valence-corrected chi connectivity index (χ1v) is 6.32. The van der Waals surface area contributed by atoms with E-state index in [2.05, 4.69) is 4.99 Å². The second-order valence-electron chi connectivity index (χ2n) is 4.68. The highest BCUT2D eigenvalue weighted by molar-refractivity contribution is 5.89. The lowest BCUT2D eigenvalue weighted by Crippen LogP contribution is -2.23. The van der Waals surface area contributed by atoms with Gasteiger partial charge in [-0.15, -0.1) is 0 Å². The van der Waals surface area contributed by atoms with Crippen LogP contribution in [-0.4, -0.2) is 12.8 Å². The lowest BCUT2D eigenvalue weighted by molar-refractivity contribution is -0.137. The molecule has 2 aromatic carbocycles. The zero-order valence-electron chi connectivity index (χ0n) is 10.9. The highest BCUT2D eigenvalue weighted by Crippen LogP contribution is 2.40. The molecule has 0 aliphatic carbocycles. The number of nitrogens with zero attached hydrogens (tertiary/aromatic N) is 2. The molecular weight excluding hydrogens is 279 g/mol. The quantitative estimate of drug-likeness (QED) is 0.802. The van der Waals surface area contributed by atoms with Crippen LogP contribution >= 0.6 is 0 Å². The largest absolute Gasteiger partial charge is 0.416 e. The van der Waals surface area contributed by atoms with Gasteiger partial charge in [0.25, 0.3) is 0 Å². The maximum absolute atomic E-state index is 12.7. The van der Waals surface area contributed by atoms with Crippen LogP contribution in [0.3, 0.4) is 0 Å². The third-order valence-corrected chi connectivity index (χ3v) is 3.31. The van der Waals surface area contributed by atoms with E-state index >= 15 is 0 Å². The summed E-state index contributed by atoms with van der Waals surface area (Å²) in [4.78, 5) is 6.11. The standard InChI is InChI=1S/C15H12F3N3/c16-15(17,18)10-5-6-13(11(19)9-10)21-8-7-20-12-3-1-2-4-14(12)21/h1-7,9H,8,19H2. The van der Waals surface area contributed by atoms with Crippen molar-refractivity contribution in [2.24, 2.45) is 4.99 Å². The Balaban J connectivity index is 2.04. The number of alkyl halides is 3. The molecule has 0 aromatic heterocycles. The predicted molar refractivity (Wildman–Crippen MR) is 77.5 cm³/mol. The van der Waals surface area contributed by atoms with Crippen LogP contribution < -0.4 is 10.6 Å². The molecule has 1 aliphatic heterocycles. The van der Waals surface area contributed by atoms with Crippen LogP contribution in [0, 0.1) is 0 Å². The maximum Gasteiger partial charge on any atom is 0.416 e. The van der Waals surface area contributed by atoms with Crippen molar-refractivity contribution in [2.75, 3.05) is 17.2 Å². The molecule has 1 heterocycles. The van der Waals surface area contributed by atoms with E-state index in [1.807, 2.05) is 29.2 Å². The van der Waals surface area contributed by atoms with Gasteiger partial charge in [-0.1, -0.05) is 12.1 Å². The average Bonchev–Trinajstić information content (AvgIpc) is 2.46. The number of halogens is 3. The number of para-hydroxylation sites is 2. The minimum absolute atomic E-state index is 0.0925. The molecule has 1 aliphatic rings. The van der Waals surface area contributed by atoms with Crippen molar-refractivity contribution in [1.82, 2.24) is 0 Å². The summed E-state index contributed by atoms with van der Waals surface area (Å²) in [5.74, 6) is 0. The number of aliphatic imine (C=N–C) groups is 1. The van der Waals surface area contributed by atoms with E-state index in [0.29, 0.717) is 12.2 Å².